The van der Waals surface area contributed by atoms with Crippen molar-refractivity contribution in [3.05, 3.63) is 540 Å². The van der Waals surface area contributed by atoms with Crippen LogP contribution in [0.4, 0.5) is 0 Å². The van der Waals surface area contributed by atoms with Crippen molar-refractivity contribution in [2.24, 2.45) is 0 Å². The highest BCUT2D eigenvalue weighted by atomic mass is 14.3. The topological polar surface area (TPSA) is 0 Å². The molecule has 0 bridgehead atoms. The van der Waals surface area contributed by atoms with Crippen LogP contribution in [0.5, 0.6) is 0 Å². The number of fused-ring (bicyclic) bond motifs is 6. The minimum atomic E-state index is 1.21. The van der Waals surface area contributed by atoms with Crippen LogP contribution in [0, 0.1) is 83.1 Å². The summed E-state index contributed by atoms with van der Waals surface area (Å²) >= 11 is 0. The minimum Gasteiger partial charge on any atom is -0.0620 e. The Morgan fingerprint density at radius 2 is 0.257 bits per heavy atom. The highest BCUT2D eigenvalue weighted by Crippen LogP contribution is 2.50. The molecule has 0 amide bonds. The number of rotatable bonds is 15. The van der Waals surface area contributed by atoms with Gasteiger partial charge in [-0.25, -0.2) is 0 Å². The average Bonchev–Trinajstić information content (AvgIpc) is 0.747. The lowest BCUT2D eigenvalue weighted by atomic mass is 9.85. The fourth-order valence-corrected chi connectivity index (χ4v) is 21.9. The molecule has 0 saturated heterocycles. The summed E-state index contributed by atoms with van der Waals surface area (Å²) < 4.78 is 0. The van der Waals surface area contributed by atoms with E-state index in [-0.39, 0.29) is 0 Å². The Morgan fingerprint density at radius 3 is 0.500 bits per heavy atom. The van der Waals surface area contributed by atoms with Crippen LogP contribution in [0.2, 0.25) is 0 Å². The van der Waals surface area contributed by atoms with Crippen molar-refractivity contribution in [2.45, 2.75) is 83.1 Å². The van der Waals surface area contributed by atoms with E-state index < -0.39 is 0 Å². The van der Waals surface area contributed by atoms with Gasteiger partial charge in [0.05, 0.1) is 0 Å². The lowest BCUT2D eigenvalue weighted by Gasteiger charge is -2.19. The molecular formula is C144H114. The van der Waals surface area contributed by atoms with E-state index in [1.54, 1.807) is 0 Å². The molecule has 24 rings (SSSR count). The summed E-state index contributed by atoms with van der Waals surface area (Å²) in [5, 5.41) is 15.2. The number of hydrogen-bond donors (Lipinski definition) is 0. The third-order valence-electron chi connectivity index (χ3n) is 29.5. The van der Waals surface area contributed by atoms with Crippen molar-refractivity contribution in [1.29, 1.82) is 0 Å². The van der Waals surface area contributed by atoms with E-state index in [9.17, 15) is 0 Å². The maximum absolute atomic E-state index is 2.43. The van der Waals surface area contributed by atoms with Gasteiger partial charge in [-0.3, -0.25) is 0 Å². The highest BCUT2D eigenvalue weighted by Gasteiger charge is 2.24. The van der Waals surface area contributed by atoms with Crippen LogP contribution in [0.1, 0.15) is 66.8 Å². The molecule has 0 aliphatic rings. The molecular weight excluding hydrogens is 1730 g/mol. The Labute approximate surface area is 848 Å². The average molecular weight is 1840 g/mol. The first-order chi connectivity index (χ1) is 70.3. The van der Waals surface area contributed by atoms with Crippen molar-refractivity contribution in [3.63, 3.8) is 0 Å². The van der Waals surface area contributed by atoms with Crippen molar-refractivity contribution < 1.29 is 0 Å². The van der Waals surface area contributed by atoms with Gasteiger partial charge in [0, 0.05) is 0 Å². The van der Waals surface area contributed by atoms with Gasteiger partial charge < -0.3 is 0 Å². The Bertz CT molecular complexity index is 8560. The molecule has 144 heavy (non-hydrogen) atoms. The zero-order valence-corrected chi connectivity index (χ0v) is 84.0. The van der Waals surface area contributed by atoms with Crippen molar-refractivity contribution in [3.8, 4) is 167 Å². The lowest BCUT2D eigenvalue weighted by molar-refractivity contribution is 1.45. The van der Waals surface area contributed by atoms with Gasteiger partial charge in [-0.1, -0.05) is 445 Å². The van der Waals surface area contributed by atoms with Gasteiger partial charge in [0.2, 0.25) is 0 Å². The quantitative estimate of drug-likeness (QED) is 0.0960. The standard InChI is InChI=1S/3C48H38/c1-31-11-5-15-35(23-31)41-19-9-21-43-45(37-17-7-13-33(3)25-37)27-39(29-47(41)43)40-28-46(38-18-8-14-34(4)26-38)44-22-10-20-42(48(44)30-40)36-16-6-12-32(2)24-36;1-31-15-5-9-19-37(31)41-23-13-25-43-45(39-21-11-7-17-33(39)3)27-35(29-47(41)43)36-28-46(40-22-12-8-18-34(40)4)44-26-14-24-42(48(44)30-36)38-20-10-6-16-32(38)2;1-31-11-19-35(20-12-31)41-7-5-9-43-45(37-23-15-33(3)16-24-37)27-39(29-47(41)43)40-28-46(38-25-17-34(4)18-26-38)44-10-6-8-42(48(44)30-40)36-21-13-32(2)14-22-36/h3*5-30H,1-4H3. The molecule has 0 aliphatic carbocycles. The highest BCUT2D eigenvalue weighted by molar-refractivity contribution is 6.16. The number of aryl methyl sites for hydroxylation is 12. The van der Waals surface area contributed by atoms with Crippen LogP contribution in [-0.4, -0.2) is 0 Å². The molecule has 0 aromatic heterocycles. The summed E-state index contributed by atoms with van der Waals surface area (Å²) in [6, 6.07) is 176. The van der Waals surface area contributed by atoms with Crippen molar-refractivity contribution in [1.82, 2.24) is 0 Å². The molecule has 0 radical (unpaired) electrons. The smallest absolute Gasteiger partial charge is 0.00929 e. The Hall–Kier alpha value is -17.2. The van der Waals surface area contributed by atoms with Gasteiger partial charge in [0.1, 0.15) is 0 Å². The summed E-state index contributed by atoms with van der Waals surface area (Å²) in [6.07, 6.45) is 0. The Balaban J connectivity index is 0.000000123. The molecule has 0 atom stereocenters. The molecule has 24 aromatic carbocycles. The van der Waals surface area contributed by atoms with Crippen molar-refractivity contribution in [2.75, 3.05) is 0 Å². The van der Waals surface area contributed by atoms with Crippen LogP contribution in [-0.2, 0) is 0 Å². The van der Waals surface area contributed by atoms with E-state index in [0.29, 0.717) is 0 Å². The van der Waals surface area contributed by atoms with Gasteiger partial charge in [-0.15, -0.1) is 0 Å². The van der Waals surface area contributed by atoms with E-state index in [4.69, 9.17) is 0 Å². The molecule has 0 unspecified atom stereocenters. The minimum absolute atomic E-state index is 1.21. The van der Waals surface area contributed by atoms with E-state index in [0.717, 1.165) is 0 Å². The molecule has 0 heteroatoms. The normalized spacial score (nSPS) is 11.3. The number of hydrogen-bond acceptors (Lipinski definition) is 0. The molecule has 0 aliphatic heterocycles. The summed E-state index contributed by atoms with van der Waals surface area (Å²) in [7, 11) is 0. The second-order valence-corrected chi connectivity index (χ2v) is 39.7. The third-order valence-corrected chi connectivity index (χ3v) is 29.5. The van der Waals surface area contributed by atoms with Crippen molar-refractivity contribution >= 4 is 64.6 Å². The van der Waals surface area contributed by atoms with E-state index >= 15 is 0 Å². The number of benzene rings is 24. The maximum atomic E-state index is 2.43. The second kappa shape index (κ2) is 39.5. The molecule has 0 nitrogen and oxygen atoms in total. The SMILES string of the molecule is Cc1ccc(-c2cc(-c3cc(-c4ccc(C)cc4)c4cccc(-c5ccc(C)cc5)c4c3)cc3c(-c4ccc(C)cc4)cccc23)cc1.Cc1cccc(-c2cc(-c3cc(-c4cccc(C)c4)c4cccc(-c5cccc(C)c5)c4c3)cc3c(-c4cccc(C)c4)cccc23)c1.Cc1ccccc1-c1cc(-c2cc(-c3ccccc3C)c3cccc(-c4ccccc4C)c3c2)cc2c(-c3ccccc3C)cccc12. The zero-order valence-electron chi connectivity index (χ0n) is 84.0. The van der Waals surface area contributed by atoms with E-state index in [1.807, 2.05) is 0 Å². The first-order valence-electron chi connectivity index (χ1n) is 50.5. The van der Waals surface area contributed by atoms with Gasteiger partial charge in [0.25, 0.3) is 0 Å². The monoisotopic (exact) mass is 1840 g/mol. The predicted molar refractivity (Wildman–Crippen MR) is 623 cm³/mol. The summed E-state index contributed by atoms with van der Waals surface area (Å²) in [6.45, 7) is 26.2. The second-order valence-electron chi connectivity index (χ2n) is 39.7. The molecule has 0 heterocycles. The Kier molecular flexibility index (Phi) is 25.2. The van der Waals surface area contributed by atoms with Crippen LogP contribution in [0.3, 0.4) is 0 Å². The van der Waals surface area contributed by atoms with Gasteiger partial charge in [-0.2, -0.15) is 0 Å². The largest absolute Gasteiger partial charge is 0.0620 e. The molecule has 0 N–H and O–H groups in total. The van der Waals surface area contributed by atoms with E-state index in [1.165, 1.54) is 298 Å². The fraction of sp³-hybridized carbons (Fsp3) is 0.0833. The third kappa shape index (κ3) is 18.4. The molecule has 690 valence electrons. The van der Waals surface area contributed by atoms with Crippen LogP contribution >= 0.6 is 0 Å². The molecule has 0 saturated carbocycles. The van der Waals surface area contributed by atoms with Crippen LogP contribution in [0.25, 0.3) is 232 Å². The van der Waals surface area contributed by atoms with Crippen LogP contribution in [0.15, 0.2) is 473 Å². The van der Waals surface area contributed by atoms with Crippen LogP contribution < -0.4 is 0 Å². The zero-order chi connectivity index (χ0) is 98.3. The molecule has 0 spiro atoms. The van der Waals surface area contributed by atoms with Gasteiger partial charge >= 0.3 is 0 Å². The fourth-order valence-electron chi connectivity index (χ4n) is 21.9. The van der Waals surface area contributed by atoms with Gasteiger partial charge in [-0.05, 0) is 410 Å². The van der Waals surface area contributed by atoms with Gasteiger partial charge in [0.15, 0.2) is 0 Å². The first-order valence-corrected chi connectivity index (χ1v) is 50.5. The summed E-state index contributed by atoms with van der Waals surface area (Å²) in [5.41, 5.74) is 52.6. The molecule has 24 aromatic rings. The maximum Gasteiger partial charge on any atom is -0.00929 e. The predicted octanol–water partition coefficient (Wildman–Crippen LogP) is 40.7. The Morgan fingerprint density at radius 1 is 0.0833 bits per heavy atom. The lowest BCUT2D eigenvalue weighted by Crippen LogP contribution is -1.93. The first kappa shape index (κ1) is 91.9. The summed E-state index contributed by atoms with van der Waals surface area (Å²) in [5.74, 6) is 0. The summed E-state index contributed by atoms with van der Waals surface area (Å²) in [4.78, 5) is 0. The van der Waals surface area contributed by atoms with E-state index in [2.05, 4.69) is 556 Å². The molecule has 0 fully saturated rings.